The number of hydrogen-bond acceptors (Lipinski definition) is 3. The zero-order valence-corrected chi connectivity index (χ0v) is 11.9. The topological polar surface area (TPSA) is 63.1 Å². The molecule has 0 fully saturated rings. The molecule has 1 aromatic carbocycles. The molecule has 5 nitrogen and oxygen atoms in total. The highest BCUT2D eigenvalue weighted by atomic mass is 32.2. The van der Waals surface area contributed by atoms with Gasteiger partial charge in [-0.1, -0.05) is 18.2 Å². The van der Waals surface area contributed by atoms with Crippen LogP contribution < -0.4 is 0 Å². The summed E-state index contributed by atoms with van der Waals surface area (Å²) >= 11 is 0. The highest BCUT2D eigenvalue weighted by molar-refractivity contribution is 7.84. The van der Waals surface area contributed by atoms with Gasteiger partial charge in [-0.3, -0.25) is 4.21 Å². The highest BCUT2D eigenvalue weighted by Gasteiger charge is 2.13. The third-order valence-electron chi connectivity index (χ3n) is 3.36. The van der Waals surface area contributed by atoms with Crippen molar-refractivity contribution < 1.29 is 4.21 Å². The number of rotatable bonds is 3. The number of hydrogen-bond donors (Lipinski definition) is 1. The molecule has 4 rings (SSSR count). The number of benzene rings is 1. The van der Waals surface area contributed by atoms with Gasteiger partial charge < -0.3 is 9.38 Å². The molecule has 21 heavy (non-hydrogen) atoms. The van der Waals surface area contributed by atoms with Gasteiger partial charge in [0.25, 0.3) is 0 Å². The van der Waals surface area contributed by atoms with E-state index in [9.17, 15) is 4.21 Å². The van der Waals surface area contributed by atoms with Crippen LogP contribution in [0.3, 0.4) is 0 Å². The number of imidazole rings is 2. The first-order valence-corrected chi connectivity index (χ1v) is 7.87. The Balaban J connectivity index is 1.69. The number of nitrogens with one attached hydrogen (secondary N) is 1. The Morgan fingerprint density at radius 1 is 1.14 bits per heavy atom. The van der Waals surface area contributed by atoms with Crippen molar-refractivity contribution >= 4 is 27.5 Å². The molecular weight excluding hydrogens is 284 g/mol. The van der Waals surface area contributed by atoms with E-state index >= 15 is 0 Å². The summed E-state index contributed by atoms with van der Waals surface area (Å²) in [7, 11) is -1.23. The molecule has 104 valence electrons. The molecule has 0 bridgehead atoms. The number of aromatic nitrogens is 4. The Labute approximate surface area is 123 Å². The second kappa shape index (κ2) is 4.82. The van der Waals surface area contributed by atoms with E-state index in [4.69, 9.17) is 0 Å². The summed E-state index contributed by atoms with van der Waals surface area (Å²) in [5, 5.41) is 0.502. The standard InChI is InChI=1S/C15H12N4OS/c20-21(15-17-12-5-1-2-6-13(12)18-15)10-11-9-16-14-7-3-4-8-19(11)14/h1-9H,10H2,(H,17,18). The molecule has 0 saturated carbocycles. The number of nitrogens with zero attached hydrogens (tertiary/aromatic N) is 3. The van der Waals surface area contributed by atoms with Crippen molar-refractivity contribution in [3.63, 3.8) is 0 Å². The number of H-pyrrole nitrogens is 1. The molecule has 0 spiro atoms. The van der Waals surface area contributed by atoms with Crippen LogP contribution in [0.1, 0.15) is 5.69 Å². The van der Waals surface area contributed by atoms with E-state index in [-0.39, 0.29) is 0 Å². The van der Waals surface area contributed by atoms with Gasteiger partial charge in [0.1, 0.15) is 5.65 Å². The van der Waals surface area contributed by atoms with Gasteiger partial charge in [0.2, 0.25) is 0 Å². The lowest BCUT2D eigenvalue weighted by Gasteiger charge is -2.00. The molecule has 3 heterocycles. The average Bonchev–Trinajstić information content (AvgIpc) is 3.11. The molecule has 1 atom stereocenters. The van der Waals surface area contributed by atoms with E-state index < -0.39 is 10.8 Å². The summed E-state index contributed by atoms with van der Waals surface area (Å²) < 4.78 is 14.4. The minimum atomic E-state index is -1.23. The highest BCUT2D eigenvalue weighted by Crippen LogP contribution is 2.16. The van der Waals surface area contributed by atoms with E-state index in [1.807, 2.05) is 53.1 Å². The average molecular weight is 296 g/mol. The monoisotopic (exact) mass is 296 g/mol. The van der Waals surface area contributed by atoms with E-state index in [1.165, 1.54) is 0 Å². The van der Waals surface area contributed by atoms with Crippen LogP contribution in [-0.4, -0.2) is 23.6 Å². The maximum absolute atomic E-state index is 12.5. The Kier molecular flexibility index (Phi) is 2.82. The van der Waals surface area contributed by atoms with Gasteiger partial charge >= 0.3 is 0 Å². The third-order valence-corrected chi connectivity index (χ3v) is 4.54. The lowest BCUT2D eigenvalue weighted by molar-refractivity contribution is 0.676. The van der Waals surface area contributed by atoms with E-state index in [1.54, 1.807) is 6.20 Å². The van der Waals surface area contributed by atoms with Gasteiger partial charge in [0.05, 0.1) is 39.5 Å². The van der Waals surface area contributed by atoms with Crippen LogP contribution in [0.5, 0.6) is 0 Å². The maximum Gasteiger partial charge on any atom is 0.197 e. The summed E-state index contributed by atoms with van der Waals surface area (Å²) in [4.78, 5) is 11.8. The maximum atomic E-state index is 12.5. The Hall–Kier alpha value is -2.47. The fraction of sp³-hybridized carbons (Fsp3) is 0.0667. The molecule has 0 aliphatic heterocycles. The van der Waals surface area contributed by atoms with Crippen LogP contribution in [-0.2, 0) is 16.6 Å². The molecule has 6 heteroatoms. The molecule has 0 aliphatic carbocycles. The molecule has 1 unspecified atom stereocenters. The zero-order chi connectivity index (χ0) is 14.2. The van der Waals surface area contributed by atoms with Crippen molar-refractivity contribution in [3.8, 4) is 0 Å². The molecule has 0 saturated heterocycles. The second-order valence-corrected chi connectivity index (χ2v) is 6.09. The molecule has 4 aromatic rings. The summed E-state index contributed by atoms with van der Waals surface area (Å²) in [6.45, 7) is 0. The summed E-state index contributed by atoms with van der Waals surface area (Å²) in [6, 6.07) is 13.5. The lowest BCUT2D eigenvalue weighted by Crippen LogP contribution is -2.01. The van der Waals surface area contributed by atoms with Crippen LogP contribution in [0.25, 0.3) is 16.7 Å². The first kappa shape index (κ1) is 12.3. The van der Waals surface area contributed by atoms with Crippen molar-refractivity contribution in [1.82, 2.24) is 19.4 Å². The van der Waals surface area contributed by atoms with Gasteiger partial charge in [-0.25, -0.2) is 9.97 Å². The Morgan fingerprint density at radius 3 is 2.90 bits per heavy atom. The SMILES string of the molecule is O=S(Cc1cnc2ccccn12)c1nc2ccccc2[nH]1. The Bertz CT molecular complexity index is 923. The fourth-order valence-electron chi connectivity index (χ4n) is 2.33. The fourth-order valence-corrected chi connectivity index (χ4v) is 3.37. The van der Waals surface area contributed by atoms with E-state index in [0.717, 1.165) is 22.4 Å². The second-order valence-electron chi connectivity index (χ2n) is 4.73. The smallest absolute Gasteiger partial charge is 0.197 e. The van der Waals surface area contributed by atoms with E-state index in [0.29, 0.717) is 10.9 Å². The van der Waals surface area contributed by atoms with Gasteiger partial charge in [-0.05, 0) is 24.3 Å². The molecule has 0 amide bonds. The predicted octanol–water partition coefficient (Wildman–Crippen LogP) is 2.52. The molecular formula is C15H12N4OS. The minimum Gasteiger partial charge on any atom is -0.331 e. The van der Waals surface area contributed by atoms with Crippen molar-refractivity contribution in [2.45, 2.75) is 10.9 Å². The molecule has 1 N–H and O–H groups in total. The van der Waals surface area contributed by atoms with Crippen LogP contribution in [0.2, 0.25) is 0 Å². The predicted molar refractivity (Wildman–Crippen MR) is 81.4 cm³/mol. The van der Waals surface area contributed by atoms with Crippen LogP contribution in [0.4, 0.5) is 0 Å². The summed E-state index contributed by atoms with van der Waals surface area (Å²) in [5.74, 6) is 0.380. The number of fused-ring (bicyclic) bond motifs is 2. The summed E-state index contributed by atoms with van der Waals surface area (Å²) in [6.07, 6.45) is 3.68. The van der Waals surface area contributed by atoms with Crippen molar-refractivity contribution in [2.24, 2.45) is 0 Å². The number of pyridine rings is 1. The first-order valence-electron chi connectivity index (χ1n) is 6.55. The van der Waals surface area contributed by atoms with E-state index in [2.05, 4.69) is 15.0 Å². The molecule has 0 aliphatic rings. The van der Waals surface area contributed by atoms with Crippen molar-refractivity contribution in [1.29, 1.82) is 0 Å². The first-order chi connectivity index (χ1) is 10.3. The summed E-state index contributed by atoms with van der Waals surface area (Å²) in [5.41, 5.74) is 3.50. The van der Waals surface area contributed by atoms with Gasteiger partial charge in [0, 0.05) is 6.20 Å². The van der Waals surface area contributed by atoms with Crippen LogP contribution >= 0.6 is 0 Å². The number of aromatic amines is 1. The van der Waals surface area contributed by atoms with Crippen LogP contribution in [0.15, 0.2) is 60.0 Å². The van der Waals surface area contributed by atoms with Gasteiger partial charge in [0.15, 0.2) is 5.16 Å². The van der Waals surface area contributed by atoms with Crippen LogP contribution in [0, 0.1) is 0 Å². The number of para-hydroxylation sites is 2. The zero-order valence-electron chi connectivity index (χ0n) is 11.1. The minimum absolute atomic E-state index is 0.380. The van der Waals surface area contributed by atoms with Crippen molar-refractivity contribution in [3.05, 3.63) is 60.6 Å². The quantitative estimate of drug-likeness (QED) is 0.632. The van der Waals surface area contributed by atoms with Gasteiger partial charge in [-0.2, -0.15) is 0 Å². The Morgan fingerprint density at radius 2 is 2.00 bits per heavy atom. The molecule has 0 radical (unpaired) electrons. The third kappa shape index (κ3) is 2.13. The normalized spacial score (nSPS) is 13.0. The largest absolute Gasteiger partial charge is 0.331 e. The van der Waals surface area contributed by atoms with Gasteiger partial charge in [-0.15, -0.1) is 0 Å². The molecule has 3 aromatic heterocycles. The van der Waals surface area contributed by atoms with Crippen molar-refractivity contribution in [2.75, 3.05) is 0 Å². The lowest BCUT2D eigenvalue weighted by atomic mass is 10.3.